The first-order valence-corrected chi connectivity index (χ1v) is 10.3. The van der Waals surface area contributed by atoms with E-state index < -0.39 is 0 Å². The van der Waals surface area contributed by atoms with Crippen LogP contribution in [0, 0.1) is 23.7 Å². The lowest BCUT2D eigenvalue weighted by Gasteiger charge is -2.32. The van der Waals surface area contributed by atoms with Crippen molar-refractivity contribution in [3.05, 3.63) is 48.5 Å². The Bertz CT molecular complexity index is 800. The van der Waals surface area contributed by atoms with E-state index in [2.05, 4.69) is 39.9 Å². The van der Waals surface area contributed by atoms with Gasteiger partial charge in [0, 0.05) is 24.1 Å². The molecule has 1 aromatic heterocycles. The van der Waals surface area contributed by atoms with Crippen molar-refractivity contribution in [3.63, 3.8) is 0 Å². The molecule has 6 unspecified atom stereocenters. The van der Waals surface area contributed by atoms with Crippen molar-refractivity contribution < 1.29 is 4.79 Å². The number of urea groups is 1. The summed E-state index contributed by atoms with van der Waals surface area (Å²) in [6.07, 6.45) is 12.2. The van der Waals surface area contributed by atoms with Gasteiger partial charge in [-0.05, 0) is 74.0 Å². The summed E-state index contributed by atoms with van der Waals surface area (Å²) in [5, 5.41) is 6.42. The van der Waals surface area contributed by atoms with Crippen LogP contribution in [0.3, 0.4) is 0 Å². The molecule has 1 aromatic carbocycles. The summed E-state index contributed by atoms with van der Waals surface area (Å²) in [4.78, 5) is 16.6. The summed E-state index contributed by atoms with van der Waals surface area (Å²) >= 11 is 0. The number of amides is 2. The van der Waals surface area contributed by atoms with Gasteiger partial charge >= 0.3 is 6.03 Å². The second-order valence-corrected chi connectivity index (χ2v) is 8.66. The SMILES string of the molecule is CC(NC(=O)NC1CC2CC1C1CCCC21)c1ccc(-n2ccnc2)cc1. The minimum absolute atomic E-state index is 0.0142. The van der Waals surface area contributed by atoms with Gasteiger partial charge in [-0.25, -0.2) is 9.78 Å². The maximum atomic E-state index is 12.6. The summed E-state index contributed by atoms with van der Waals surface area (Å²) in [6.45, 7) is 2.04. The molecule has 3 saturated carbocycles. The quantitative estimate of drug-likeness (QED) is 0.860. The molecule has 5 rings (SSSR count). The summed E-state index contributed by atoms with van der Waals surface area (Å²) < 4.78 is 1.97. The fraction of sp³-hybridized carbons (Fsp3) is 0.545. The molecular weight excluding hydrogens is 336 g/mol. The maximum Gasteiger partial charge on any atom is 0.315 e. The summed E-state index contributed by atoms with van der Waals surface area (Å²) in [7, 11) is 0. The molecule has 3 aliphatic rings. The van der Waals surface area contributed by atoms with Crippen LogP contribution < -0.4 is 10.6 Å². The lowest BCUT2D eigenvalue weighted by atomic mass is 9.79. The highest BCUT2D eigenvalue weighted by Crippen LogP contribution is 2.58. The fourth-order valence-electron chi connectivity index (χ4n) is 6.07. The van der Waals surface area contributed by atoms with Crippen LogP contribution in [0.15, 0.2) is 43.0 Å². The number of carbonyl (C=O) groups excluding carboxylic acids is 1. The number of aromatic nitrogens is 2. The lowest BCUT2D eigenvalue weighted by molar-refractivity contribution is 0.196. The number of hydrogen-bond acceptors (Lipinski definition) is 2. The van der Waals surface area contributed by atoms with Crippen LogP contribution in [-0.4, -0.2) is 21.6 Å². The molecular formula is C22H28N4O. The van der Waals surface area contributed by atoms with Crippen LogP contribution in [0.2, 0.25) is 0 Å². The zero-order valence-corrected chi connectivity index (χ0v) is 15.8. The number of benzene rings is 1. The van der Waals surface area contributed by atoms with Crippen molar-refractivity contribution in [2.45, 2.75) is 51.1 Å². The van der Waals surface area contributed by atoms with Gasteiger partial charge in [0.2, 0.25) is 0 Å². The maximum absolute atomic E-state index is 12.6. The molecule has 6 atom stereocenters. The molecule has 1 heterocycles. The van der Waals surface area contributed by atoms with Gasteiger partial charge in [0.15, 0.2) is 0 Å². The zero-order valence-electron chi connectivity index (χ0n) is 15.8. The first kappa shape index (κ1) is 16.8. The molecule has 2 aromatic rings. The van der Waals surface area contributed by atoms with E-state index in [0.717, 1.165) is 34.9 Å². The van der Waals surface area contributed by atoms with Gasteiger partial charge in [0.25, 0.3) is 0 Å². The van der Waals surface area contributed by atoms with E-state index in [1.807, 2.05) is 17.7 Å². The molecule has 0 aliphatic heterocycles. The smallest absolute Gasteiger partial charge is 0.315 e. The molecule has 0 spiro atoms. The molecule has 27 heavy (non-hydrogen) atoms. The third-order valence-corrected chi connectivity index (χ3v) is 7.29. The van der Waals surface area contributed by atoms with E-state index in [4.69, 9.17) is 0 Å². The van der Waals surface area contributed by atoms with Crippen LogP contribution >= 0.6 is 0 Å². The van der Waals surface area contributed by atoms with Gasteiger partial charge in [0.1, 0.15) is 0 Å². The Labute approximate surface area is 160 Å². The standard InChI is InChI=1S/C22H28N4O/c1-14(15-5-7-17(8-6-15)26-10-9-23-13-26)24-22(27)25-21-12-16-11-20(21)19-4-2-3-18(16)19/h5-10,13-14,16,18-21H,2-4,11-12H2,1H3,(H2,24,25,27). The predicted molar refractivity (Wildman–Crippen MR) is 104 cm³/mol. The number of nitrogens with zero attached hydrogens (tertiary/aromatic N) is 2. The highest BCUT2D eigenvalue weighted by Gasteiger charge is 2.54. The number of imidazole rings is 1. The predicted octanol–water partition coefficient (Wildman–Crippen LogP) is 4.06. The summed E-state index contributed by atoms with van der Waals surface area (Å²) in [5.41, 5.74) is 2.18. The first-order valence-electron chi connectivity index (χ1n) is 10.3. The van der Waals surface area contributed by atoms with Gasteiger partial charge in [-0.2, -0.15) is 0 Å². The van der Waals surface area contributed by atoms with E-state index in [1.54, 1.807) is 12.5 Å². The molecule has 2 bridgehead atoms. The van der Waals surface area contributed by atoms with E-state index >= 15 is 0 Å². The van der Waals surface area contributed by atoms with Gasteiger partial charge in [-0.1, -0.05) is 18.6 Å². The average molecular weight is 364 g/mol. The first-order chi connectivity index (χ1) is 13.2. The molecule has 3 aliphatic carbocycles. The van der Waals surface area contributed by atoms with E-state index in [-0.39, 0.29) is 12.1 Å². The topological polar surface area (TPSA) is 59.0 Å². The number of fused-ring (bicyclic) bond motifs is 5. The van der Waals surface area contributed by atoms with Gasteiger partial charge in [-0.15, -0.1) is 0 Å². The Morgan fingerprint density at radius 2 is 1.96 bits per heavy atom. The van der Waals surface area contributed by atoms with E-state index in [9.17, 15) is 4.79 Å². The number of hydrogen-bond donors (Lipinski definition) is 2. The van der Waals surface area contributed by atoms with Gasteiger partial charge in [-0.3, -0.25) is 0 Å². The normalized spacial score (nSPS) is 32.3. The number of rotatable bonds is 4. The molecule has 5 nitrogen and oxygen atoms in total. The Balaban J connectivity index is 1.18. The fourth-order valence-corrected chi connectivity index (χ4v) is 6.07. The molecule has 3 fully saturated rings. The van der Waals surface area contributed by atoms with E-state index in [1.165, 1.54) is 32.1 Å². The minimum Gasteiger partial charge on any atom is -0.335 e. The lowest BCUT2D eigenvalue weighted by Crippen LogP contribution is -2.47. The van der Waals surface area contributed by atoms with E-state index in [0.29, 0.717) is 6.04 Å². The van der Waals surface area contributed by atoms with Crippen LogP contribution in [0.5, 0.6) is 0 Å². The number of nitrogens with one attached hydrogen (secondary N) is 2. The monoisotopic (exact) mass is 364 g/mol. The second kappa shape index (κ2) is 6.70. The van der Waals surface area contributed by atoms with Crippen molar-refractivity contribution in [1.29, 1.82) is 0 Å². The largest absolute Gasteiger partial charge is 0.335 e. The molecule has 2 N–H and O–H groups in total. The van der Waals surface area contributed by atoms with Crippen molar-refractivity contribution in [2.24, 2.45) is 23.7 Å². The Kier molecular flexibility index (Phi) is 4.18. The van der Waals surface area contributed by atoms with Gasteiger partial charge in [0.05, 0.1) is 12.4 Å². The van der Waals surface area contributed by atoms with Crippen LogP contribution in [0.1, 0.15) is 50.6 Å². The van der Waals surface area contributed by atoms with Crippen LogP contribution in [0.25, 0.3) is 5.69 Å². The Hall–Kier alpha value is -2.30. The molecule has 2 amide bonds. The van der Waals surface area contributed by atoms with Crippen LogP contribution in [-0.2, 0) is 0 Å². The highest BCUT2D eigenvalue weighted by molar-refractivity contribution is 5.75. The molecule has 5 heteroatoms. The van der Waals surface area contributed by atoms with Crippen molar-refractivity contribution in [3.8, 4) is 5.69 Å². The summed E-state index contributed by atoms with van der Waals surface area (Å²) in [6, 6.07) is 8.60. The summed E-state index contributed by atoms with van der Waals surface area (Å²) in [5.74, 6) is 3.42. The van der Waals surface area contributed by atoms with Crippen molar-refractivity contribution in [1.82, 2.24) is 20.2 Å². The van der Waals surface area contributed by atoms with Gasteiger partial charge < -0.3 is 15.2 Å². The number of carbonyl (C=O) groups is 1. The second-order valence-electron chi connectivity index (χ2n) is 8.66. The van der Waals surface area contributed by atoms with Crippen molar-refractivity contribution in [2.75, 3.05) is 0 Å². The molecule has 0 radical (unpaired) electrons. The molecule has 142 valence electrons. The third-order valence-electron chi connectivity index (χ3n) is 7.29. The third kappa shape index (κ3) is 3.03. The Morgan fingerprint density at radius 3 is 2.74 bits per heavy atom. The average Bonchev–Trinajstić information content (AvgIpc) is 3.43. The zero-order chi connectivity index (χ0) is 18.4. The highest BCUT2D eigenvalue weighted by atomic mass is 16.2. The van der Waals surface area contributed by atoms with Crippen LogP contribution in [0.4, 0.5) is 4.79 Å². The Morgan fingerprint density at radius 1 is 1.15 bits per heavy atom. The minimum atomic E-state index is -0.0201. The molecule has 0 saturated heterocycles. The van der Waals surface area contributed by atoms with Crippen molar-refractivity contribution >= 4 is 6.03 Å².